The number of anilines is 1. The lowest BCUT2D eigenvalue weighted by atomic mass is 10.1. The van der Waals surface area contributed by atoms with E-state index in [9.17, 15) is 0 Å². The van der Waals surface area contributed by atoms with Crippen LogP contribution in [0.1, 0.15) is 32.8 Å². The highest BCUT2D eigenvalue weighted by molar-refractivity contribution is 5.60. The lowest BCUT2D eigenvalue weighted by molar-refractivity contribution is 0.122. The molecule has 21 heavy (non-hydrogen) atoms. The Balaban J connectivity index is 2.14. The zero-order valence-corrected chi connectivity index (χ0v) is 13.5. The molecule has 0 spiro atoms. The molecule has 0 saturated carbocycles. The van der Waals surface area contributed by atoms with Gasteiger partial charge in [-0.3, -0.25) is 0 Å². The lowest BCUT2D eigenvalue weighted by Crippen LogP contribution is -2.36. The first-order valence-electron chi connectivity index (χ1n) is 8.03. The van der Waals surface area contributed by atoms with E-state index in [2.05, 4.69) is 49.2 Å². The van der Waals surface area contributed by atoms with Crippen LogP contribution in [0.4, 0.5) is 5.69 Å². The molecule has 0 atom stereocenters. The number of morpholine rings is 1. The number of rotatable bonds is 7. The highest BCUT2D eigenvalue weighted by Crippen LogP contribution is 2.31. The molecule has 4 heteroatoms. The molecule has 118 valence electrons. The SMILES string of the molecule is CCCNCc1ccc(N2CCOCC2)c(OC(C)C)c1. The summed E-state index contributed by atoms with van der Waals surface area (Å²) in [7, 11) is 0. The van der Waals surface area contributed by atoms with E-state index in [1.807, 2.05) is 0 Å². The van der Waals surface area contributed by atoms with Crippen molar-refractivity contribution in [3.05, 3.63) is 23.8 Å². The molecule has 0 bridgehead atoms. The molecule has 0 unspecified atom stereocenters. The van der Waals surface area contributed by atoms with Crippen LogP contribution in [0.5, 0.6) is 5.75 Å². The number of benzene rings is 1. The molecule has 0 amide bonds. The number of hydrogen-bond donors (Lipinski definition) is 1. The Morgan fingerprint density at radius 2 is 2.05 bits per heavy atom. The minimum atomic E-state index is 0.184. The lowest BCUT2D eigenvalue weighted by Gasteiger charge is -2.31. The minimum Gasteiger partial charge on any atom is -0.489 e. The second kappa shape index (κ2) is 8.25. The average molecular weight is 292 g/mol. The molecule has 1 heterocycles. The fraction of sp³-hybridized carbons (Fsp3) is 0.647. The van der Waals surface area contributed by atoms with E-state index in [1.165, 1.54) is 11.3 Å². The molecular formula is C17H28N2O2. The van der Waals surface area contributed by atoms with Gasteiger partial charge in [0.05, 0.1) is 25.0 Å². The van der Waals surface area contributed by atoms with Gasteiger partial charge in [-0.1, -0.05) is 13.0 Å². The van der Waals surface area contributed by atoms with Gasteiger partial charge in [-0.2, -0.15) is 0 Å². The smallest absolute Gasteiger partial charge is 0.143 e. The summed E-state index contributed by atoms with van der Waals surface area (Å²) in [6, 6.07) is 6.56. The summed E-state index contributed by atoms with van der Waals surface area (Å²) in [6.45, 7) is 11.7. The van der Waals surface area contributed by atoms with Crippen LogP contribution >= 0.6 is 0 Å². The maximum atomic E-state index is 6.04. The fourth-order valence-electron chi connectivity index (χ4n) is 2.49. The van der Waals surface area contributed by atoms with Crippen molar-refractivity contribution in [2.24, 2.45) is 0 Å². The molecular weight excluding hydrogens is 264 g/mol. The summed E-state index contributed by atoms with van der Waals surface area (Å²) in [6.07, 6.45) is 1.34. The second-order valence-electron chi connectivity index (χ2n) is 5.74. The van der Waals surface area contributed by atoms with Crippen molar-refractivity contribution in [3.63, 3.8) is 0 Å². The molecule has 1 fully saturated rings. The molecule has 1 aromatic rings. The fourth-order valence-corrected chi connectivity index (χ4v) is 2.49. The molecule has 0 radical (unpaired) electrons. The molecule has 1 aliphatic rings. The zero-order chi connectivity index (χ0) is 15.1. The van der Waals surface area contributed by atoms with Crippen LogP contribution in [0, 0.1) is 0 Å². The summed E-state index contributed by atoms with van der Waals surface area (Å²) < 4.78 is 11.5. The normalized spacial score (nSPS) is 15.5. The van der Waals surface area contributed by atoms with Crippen LogP contribution in [0.25, 0.3) is 0 Å². The van der Waals surface area contributed by atoms with E-state index in [0.29, 0.717) is 0 Å². The van der Waals surface area contributed by atoms with Gasteiger partial charge in [0.25, 0.3) is 0 Å². The van der Waals surface area contributed by atoms with Crippen LogP contribution in [-0.4, -0.2) is 39.0 Å². The Morgan fingerprint density at radius 3 is 2.71 bits per heavy atom. The van der Waals surface area contributed by atoms with Gasteiger partial charge < -0.3 is 19.7 Å². The Morgan fingerprint density at radius 1 is 1.29 bits per heavy atom. The predicted molar refractivity (Wildman–Crippen MR) is 87.2 cm³/mol. The highest BCUT2D eigenvalue weighted by Gasteiger charge is 2.16. The molecule has 4 nitrogen and oxygen atoms in total. The predicted octanol–water partition coefficient (Wildman–Crippen LogP) is 2.81. The zero-order valence-electron chi connectivity index (χ0n) is 13.5. The Kier molecular flexibility index (Phi) is 6.33. The van der Waals surface area contributed by atoms with E-state index in [4.69, 9.17) is 9.47 Å². The number of nitrogens with zero attached hydrogens (tertiary/aromatic N) is 1. The largest absolute Gasteiger partial charge is 0.489 e. The molecule has 1 aromatic carbocycles. The van der Waals surface area contributed by atoms with Crippen LogP contribution in [0.2, 0.25) is 0 Å². The monoisotopic (exact) mass is 292 g/mol. The van der Waals surface area contributed by atoms with Gasteiger partial charge in [-0.25, -0.2) is 0 Å². The molecule has 1 saturated heterocycles. The van der Waals surface area contributed by atoms with Gasteiger partial charge in [-0.05, 0) is 44.5 Å². The number of hydrogen-bond acceptors (Lipinski definition) is 4. The Hall–Kier alpha value is -1.26. The van der Waals surface area contributed by atoms with E-state index < -0.39 is 0 Å². The van der Waals surface area contributed by atoms with E-state index in [1.54, 1.807) is 0 Å². The first kappa shape index (κ1) is 16.1. The topological polar surface area (TPSA) is 33.7 Å². The molecule has 1 aliphatic heterocycles. The second-order valence-corrected chi connectivity index (χ2v) is 5.74. The van der Waals surface area contributed by atoms with E-state index in [-0.39, 0.29) is 6.10 Å². The highest BCUT2D eigenvalue weighted by atomic mass is 16.5. The maximum absolute atomic E-state index is 6.04. The van der Waals surface area contributed by atoms with Crippen molar-refractivity contribution in [1.82, 2.24) is 5.32 Å². The summed E-state index contributed by atoms with van der Waals surface area (Å²) >= 11 is 0. The molecule has 2 rings (SSSR count). The standard InChI is InChI=1S/C17H28N2O2/c1-4-7-18-13-15-5-6-16(17(12-15)21-14(2)3)19-8-10-20-11-9-19/h5-6,12,14,18H,4,7-11,13H2,1-3H3. The van der Waals surface area contributed by atoms with Crippen molar-refractivity contribution in [3.8, 4) is 5.75 Å². The first-order chi connectivity index (χ1) is 10.2. The Bertz CT molecular complexity index is 429. The molecule has 0 aromatic heterocycles. The average Bonchev–Trinajstić information content (AvgIpc) is 2.48. The molecule has 0 aliphatic carbocycles. The van der Waals surface area contributed by atoms with Gasteiger partial charge in [-0.15, -0.1) is 0 Å². The van der Waals surface area contributed by atoms with Crippen LogP contribution in [0.3, 0.4) is 0 Å². The molecule has 1 N–H and O–H groups in total. The van der Waals surface area contributed by atoms with E-state index in [0.717, 1.165) is 51.6 Å². The van der Waals surface area contributed by atoms with Crippen molar-refractivity contribution < 1.29 is 9.47 Å². The van der Waals surface area contributed by atoms with Crippen molar-refractivity contribution in [2.75, 3.05) is 37.7 Å². The Labute approximate surface area is 128 Å². The number of ether oxygens (including phenoxy) is 2. The minimum absolute atomic E-state index is 0.184. The maximum Gasteiger partial charge on any atom is 0.143 e. The van der Waals surface area contributed by atoms with Crippen LogP contribution in [-0.2, 0) is 11.3 Å². The van der Waals surface area contributed by atoms with Crippen molar-refractivity contribution in [2.45, 2.75) is 39.8 Å². The summed E-state index contributed by atoms with van der Waals surface area (Å²) in [5.74, 6) is 0.989. The van der Waals surface area contributed by atoms with Crippen molar-refractivity contribution >= 4 is 5.69 Å². The van der Waals surface area contributed by atoms with Gasteiger partial charge >= 0.3 is 0 Å². The third kappa shape index (κ3) is 4.90. The van der Waals surface area contributed by atoms with Crippen LogP contribution in [0.15, 0.2) is 18.2 Å². The van der Waals surface area contributed by atoms with Gasteiger partial charge in [0.2, 0.25) is 0 Å². The summed E-state index contributed by atoms with van der Waals surface area (Å²) in [4.78, 5) is 2.35. The third-order valence-corrected chi connectivity index (χ3v) is 3.49. The quantitative estimate of drug-likeness (QED) is 0.784. The third-order valence-electron chi connectivity index (χ3n) is 3.49. The van der Waals surface area contributed by atoms with Gasteiger partial charge in [0.1, 0.15) is 5.75 Å². The van der Waals surface area contributed by atoms with Crippen LogP contribution < -0.4 is 15.0 Å². The first-order valence-corrected chi connectivity index (χ1v) is 8.03. The van der Waals surface area contributed by atoms with Crippen molar-refractivity contribution in [1.29, 1.82) is 0 Å². The summed E-state index contributed by atoms with van der Waals surface area (Å²) in [5, 5.41) is 3.44. The summed E-state index contributed by atoms with van der Waals surface area (Å²) in [5.41, 5.74) is 2.46. The number of nitrogens with one attached hydrogen (secondary N) is 1. The van der Waals surface area contributed by atoms with Gasteiger partial charge in [0, 0.05) is 19.6 Å². The van der Waals surface area contributed by atoms with E-state index >= 15 is 0 Å². The van der Waals surface area contributed by atoms with Gasteiger partial charge in [0.15, 0.2) is 0 Å².